The van der Waals surface area contributed by atoms with E-state index in [1.54, 1.807) is 17.9 Å². The molecule has 0 aliphatic rings. The van der Waals surface area contributed by atoms with E-state index in [4.69, 9.17) is 4.52 Å². The lowest BCUT2D eigenvalue weighted by Gasteiger charge is -2.23. The second-order valence-electron chi connectivity index (χ2n) is 6.79. The number of nitrogens with zero attached hydrogens (tertiary/aromatic N) is 2. The summed E-state index contributed by atoms with van der Waals surface area (Å²) in [5.41, 5.74) is 1.84. The number of rotatable bonds is 10. The van der Waals surface area contributed by atoms with E-state index in [1.165, 1.54) is 0 Å². The smallest absolute Gasteiger partial charge is 0.322 e. The number of amides is 3. The number of aryl methyl sites for hydroxylation is 2. The highest BCUT2D eigenvalue weighted by Gasteiger charge is 2.18. The lowest BCUT2D eigenvalue weighted by atomic mass is 10.1. The summed E-state index contributed by atoms with van der Waals surface area (Å²) in [6.07, 6.45) is 4.92. The van der Waals surface area contributed by atoms with E-state index >= 15 is 0 Å². The molecule has 0 radical (unpaired) electrons. The summed E-state index contributed by atoms with van der Waals surface area (Å²) >= 11 is 0. The lowest BCUT2D eigenvalue weighted by molar-refractivity contribution is -0.116. The number of aromatic nitrogens is 1. The highest BCUT2D eigenvalue weighted by atomic mass is 16.5. The van der Waals surface area contributed by atoms with Crippen LogP contribution >= 0.6 is 0 Å². The standard InChI is InChI=1S/C21H30N4O3/c1-4-6-7-10-13-25(15-20(26)23-19-14-16(3)28-24-19)21(27)22-18-12-9-8-11-17(18)5-2/h8-9,11-12,14H,4-7,10,13,15H2,1-3H3,(H,22,27)(H,23,24,26). The molecule has 7 heteroatoms. The van der Waals surface area contributed by atoms with Crippen LogP contribution in [0.5, 0.6) is 0 Å². The molecule has 0 aliphatic carbocycles. The zero-order valence-corrected chi connectivity index (χ0v) is 17.0. The van der Waals surface area contributed by atoms with Gasteiger partial charge in [0.1, 0.15) is 12.3 Å². The van der Waals surface area contributed by atoms with E-state index in [0.29, 0.717) is 18.1 Å². The van der Waals surface area contributed by atoms with Gasteiger partial charge in [-0.05, 0) is 31.4 Å². The van der Waals surface area contributed by atoms with Crippen molar-refractivity contribution in [1.29, 1.82) is 0 Å². The number of nitrogens with one attached hydrogen (secondary N) is 2. The number of unbranched alkanes of at least 4 members (excludes halogenated alkanes) is 3. The van der Waals surface area contributed by atoms with Crippen molar-refractivity contribution in [1.82, 2.24) is 10.1 Å². The van der Waals surface area contributed by atoms with Crippen molar-refractivity contribution in [2.24, 2.45) is 0 Å². The molecule has 3 amide bonds. The summed E-state index contributed by atoms with van der Waals surface area (Å²) in [6.45, 7) is 6.41. The van der Waals surface area contributed by atoms with Gasteiger partial charge in [0, 0.05) is 18.3 Å². The Hall–Kier alpha value is -2.83. The molecule has 0 spiro atoms. The molecule has 0 saturated heterocycles. The highest BCUT2D eigenvalue weighted by molar-refractivity contribution is 5.96. The van der Waals surface area contributed by atoms with Gasteiger partial charge in [0.15, 0.2) is 5.82 Å². The van der Waals surface area contributed by atoms with Gasteiger partial charge in [0.25, 0.3) is 0 Å². The fourth-order valence-corrected chi connectivity index (χ4v) is 2.91. The summed E-state index contributed by atoms with van der Waals surface area (Å²) in [7, 11) is 0. The first-order chi connectivity index (χ1) is 13.5. The Morgan fingerprint density at radius 2 is 1.89 bits per heavy atom. The van der Waals surface area contributed by atoms with Crippen molar-refractivity contribution < 1.29 is 14.1 Å². The fourth-order valence-electron chi connectivity index (χ4n) is 2.91. The Morgan fingerprint density at radius 3 is 2.57 bits per heavy atom. The molecule has 1 aromatic heterocycles. The molecule has 1 aromatic carbocycles. The van der Waals surface area contributed by atoms with Crippen LogP contribution in [0.4, 0.5) is 16.3 Å². The Morgan fingerprint density at radius 1 is 1.11 bits per heavy atom. The van der Waals surface area contributed by atoms with Crippen LogP contribution in [0.25, 0.3) is 0 Å². The van der Waals surface area contributed by atoms with Crippen LogP contribution in [-0.2, 0) is 11.2 Å². The molecular weight excluding hydrogens is 356 g/mol. The van der Waals surface area contributed by atoms with Gasteiger partial charge in [-0.1, -0.05) is 56.5 Å². The monoisotopic (exact) mass is 386 g/mol. The van der Waals surface area contributed by atoms with E-state index in [-0.39, 0.29) is 18.5 Å². The molecule has 28 heavy (non-hydrogen) atoms. The summed E-state index contributed by atoms with van der Waals surface area (Å²) < 4.78 is 4.96. The maximum Gasteiger partial charge on any atom is 0.322 e. The minimum atomic E-state index is -0.303. The van der Waals surface area contributed by atoms with Gasteiger partial charge in [-0.25, -0.2) is 4.79 Å². The number of urea groups is 1. The predicted octanol–water partition coefficient (Wildman–Crippen LogP) is 4.60. The molecule has 2 aromatic rings. The molecule has 0 saturated carbocycles. The predicted molar refractivity (Wildman–Crippen MR) is 110 cm³/mol. The van der Waals surface area contributed by atoms with Crippen LogP contribution in [0.3, 0.4) is 0 Å². The van der Waals surface area contributed by atoms with Crippen LogP contribution in [0.2, 0.25) is 0 Å². The molecule has 0 atom stereocenters. The van der Waals surface area contributed by atoms with Crippen LogP contribution in [0.1, 0.15) is 50.9 Å². The highest BCUT2D eigenvalue weighted by Crippen LogP contribution is 2.16. The first-order valence-electron chi connectivity index (χ1n) is 9.90. The van der Waals surface area contributed by atoms with Crippen molar-refractivity contribution >= 4 is 23.4 Å². The minimum absolute atomic E-state index is 0.0435. The van der Waals surface area contributed by atoms with Gasteiger partial charge in [0.05, 0.1) is 0 Å². The molecule has 1 heterocycles. The molecule has 2 N–H and O–H groups in total. The second-order valence-corrected chi connectivity index (χ2v) is 6.79. The van der Waals surface area contributed by atoms with E-state index in [0.717, 1.165) is 43.4 Å². The Balaban J connectivity index is 2.02. The Kier molecular flexibility index (Phi) is 8.52. The number of carbonyl (C=O) groups is 2. The zero-order valence-electron chi connectivity index (χ0n) is 17.0. The van der Waals surface area contributed by atoms with E-state index in [1.807, 2.05) is 31.2 Å². The SMILES string of the molecule is CCCCCCN(CC(=O)Nc1cc(C)on1)C(=O)Nc1ccccc1CC. The number of hydrogen-bond acceptors (Lipinski definition) is 4. The van der Waals surface area contributed by atoms with Crippen LogP contribution in [0.15, 0.2) is 34.9 Å². The Bertz CT molecular complexity index is 773. The first kappa shape index (κ1) is 21.5. The van der Waals surface area contributed by atoms with E-state index in [9.17, 15) is 9.59 Å². The molecule has 0 aliphatic heterocycles. The van der Waals surface area contributed by atoms with Gasteiger partial charge in [0.2, 0.25) is 5.91 Å². The minimum Gasteiger partial charge on any atom is -0.360 e. The van der Waals surface area contributed by atoms with Crippen LogP contribution in [0, 0.1) is 6.92 Å². The lowest BCUT2D eigenvalue weighted by Crippen LogP contribution is -2.41. The number of para-hydroxylation sites is 1. The molecular formula is C21H30N4O3. The molecule has 7 nitrogen and oxygen atoms in total. The second kappa shape index (κ2) is 11.1. The third-order valence-electron chi connectivity index (χ3n) is 4.44. The van der Waals surface area contributed by atoms with Gasteiger partial charge >= 0.3 is 6.03 Å². The van der Waals surface area contributed by atoms with Crippen LogP contribution < -0.4 is 10.6 Å². The maximum atomic E-state index is 12.8. The van der Waals surface area contributed by atoms with Crippen molar-refractivity contribution in [3.05, 3.63) is 41.7 Å². The number of anilines is 2. The van der Waals surface area contributed by atoms with Crippen molar-refractivity contribution in [3.63, 3.8) is 0 Å². The molecule has 2 rings (SSSR count). The zero-order chi connectivity index (χ0) is 20.4. The number of hydrogen-bond donors (Lipinski definition) is 2. The van der Waals surface area contributed by atoms with E-state index in [2.05, 4.69) is 22.7 Å². The third kappa shape index (κ3) is 6.72. The van der Waals surface area contributed by atoms with Crippen molar-refractivity contribution in [3.8, 4) is 0 Å². The Labute approximate surface area is 166 Å². The molecule has 0 bridgehead atoms. The summed E-state index contributed by atoms with van der Waals surface area (Å²) in [6, 6.07) is 9.07. The fraction of sp³-hybridized carbons (Fsp3) is 0.476. The first-order valence-corrected chi connectivity index (χ1v) is 9.90. The number of carbonyl (C=O) groups excluding carboxylic acids is 2. The average Bonchev–Trinajstić information content (AvgIpc) is 3.09. The van der Waals surface area contributed by atoms with Gasteiger partial charge in [-0.2, -0.15) is 0 Å². The quantitative estimate of drug-likeness (QED) is 0.584. The molecule has 152 valence electrons. The third-order valence-corrected chi connectivity index (χ3v) is 4.44. The summed E-state index contributed by atoms with van der Waals surface area (Å²) in [5, 5.41) is 9.38. The summed E-state index contributed by atoms with van der Waals surface area (Å²) in [5.74, 6) is 0.661. The molecule has 0 unspecified atom stereocenters. The van der Waals surface area contributed by atoms with E-state index < -0.39 is 0 Å². The van der Waals surface area contributed by atoms with Crippen molar-refractivity contribution in [2.75, 3.05) is 23.7 Å². The van der Waals surface area contributed by atoms with Crippen LogP contribution in [-0.4, -0.2) is 35.1 Å². The van der Waals surface area contributed by atoms with Gasteiger partial charge in [-0.15, -0.1) is 0 Å². The van der Waals surface area contributed by atoms with Crippen molar-refractivity contribution in [2.45, 2.75) is 52.9 Å². The molecule has 0 fully saturated rings. The van der Waals surface area contributed by atoms with Gasteiger partial charge < -0.3 is 20.1 Å². The average molecular weight is 386 g/mol. The topological polar surface area (TPSA) is 87.5 Å². The van der Waals surface area contributed by atoms with Gasteiger partial charge in [-0.3, -0.25) is 4.79 Å². The maximum absolute atomic E-state index is 12.8. The normalized spacial score (nSPS) is 10.5. The number of benzene rings is 1. The largest absolute Gasteiger partial charge is 0.360 e. The summed E-state index contributed by atoms with van der Waals surface area (Å²) in [4.78, 5) is 26.8.